The Morgan fingerprint density at radius 1 is 1.14 bits per heavy atom. The van der Waals surface area contributed by atoms with E-state index < -0.39 is 17.6 Å². The number of aromatic nitrogens is 1. The number of thiazole rings is 1. The molecule has 9 heteroatoms. The molecule has 0 bridgehead atoms. The van der Waals surface area contributed by atoms with E-state index in [9.17, 15) is 18.0 Å². The van der Waals surface area contributed by atoms with Crippen LogP contribution >= 0.6 is 11.3 Å². The molecule has 0 saturated carbocycles. The van der Waals surface area contributed by atoms with Gasteiger partial charge >= 0.3 is 6.18 Å². The van der Waals surface area contributed by atoms with Gasteiger partial charge in [-0.1, -0.05) is 17.4 Å². The van der Waals surface area contributed by atoms with Crippen molar-refractivity contribution in [2.45, 2.75) is 19.6 Å². The second-order valence-corrected chi connectivity index (χ2v) is 6.75. The monoisotopic (exact) mass is 410 g/mol. The number of ether oxygens (including phenoxy) is 2. The van der Waals surface area contributed by atoms with Crippen molar-refractivity contribution in [3.63, 3.8) is 0 Å². The zero-order valence-electron chi connectivity index (χ0n) is 15.3. The van der Waals surface area contributed by atoms with E-state index in [4.69, 9.17) is 9.47 Å². The highest BCUT2D eigenvalue weighted by Gasteiger charge is 2.30. The summed E-state index contributed by atoms with van der Waals surface area (Å²) in [6.07, 6.45) is -4.53. The summed E-state index contributed by atoms with van der Waals surface area (Å²) in [7, 11) is 3.06. The molecule has 3 rings (SSSR count). The van der Waals surface area contributed by atoms with Crippen LogP contribution in [0.3, 0.4) is 0 Å². The van der Waals surface area contributed by atoms with Crippen LogP contribution in [0, 0.1) is 0 Å². The van der Waals surface area contributed by atoms with Crippen molar-refractivity contribution in [3.8, 4) is 11.5 Å². The van der Waals surface area contributed by atoms with Gasteiger partial charge in [0.1, 0.15) is 21.7 Å². The van der Waals surface area contributed by atoms with Gasteiger partial charge in [-0.2, -0.15) is 18.2 Å². The molecule has 0 aliphatic carbocycles. The van der Waals surface area contributed by atoms with Gasteiger partial charge in [0.05, 0.1) is 19.8 Å². The fourth-order valence-electron chi connectivity index (χ4n) is 2.81. The van der Waals surface area contributed by atoms with Crippen LogP contribution in [0.5, 0.6) is 11.5 Å². The molecular formula is C19H17F3N2O3S. The van der Waals surface area contributed by atoms with E-state index in [1.54, 1.807) is 16.7 Å². The van der Waals surface area contributed by atoms with Crippen molar-refractivity contribution in [1.29, 1.82) is 0 Å². The van der Waals surface area contributed by atoms with Crippen molar-refractivity contribution >= 4 is 27.5 Å². The Morgan fingerprint density at radius 3 is 2.43 bits per heavy atom. The average molecular weight is 410 g/mol. The predicted octanol–water partition coefficient (Wildman–Crippen LogP) is 4.50. The summed E-state index contributed by atoms with van der Waals surface area (Å²) in [5.41, 5.74) is -0.310. The molecule has 0 N–H and O–H groups in total. The van der Waals surface area contributed by atoms with E-state index in [1.807, 2.05) is 6.92 Å². The lowest BCUT2D eigenvalue weighted by Crippen LogP contribution is -2.16. The van der Waals surface area contributed by atoms with E-state index >= 15 is 0 Å². The number of hydrogen-bond acceptors (Lipinski definition) is 4. The van der Waals surface area contributed by atoms with Gasteiger partial charge in [0.25, 0.3) is 5.91 Å². The summed E-state index contributed by atoms with van der Waals surface area (Å²) in [5.74, 6) is 0.427. The lowest BCUT2D eigenvalue weighted by molar-refractivity contribution is -0.137. The van der Waals surface area contributed by atoms with Gasteiger partial charge < -0.3 is 14.0 Å². The molecule has 1 aromatic heterocycles. The predicted molar refractivity (Wildman–Crippen MR) is 99.9 cm³/mol. The van der Waals surface area contributed by atoms with Crippen LogP contribution < -0.4 is 14.3 Å². The van der Waals surface area contributed by atoms with Crippen LogP contribution in [-0.2, 0) is 12.7 Å². The Labute approximate surface area is 162 Å². The summed E-state index contributed by atoms with van der Waals surface area (Å²) in [4.78, 5) is 17.0. The minimum absolute atomic E-state index is 0.131. The van der Waals surface area contributed by atoms with E-state index in [2.05, 4.69) is 4.99 Å². The van der Waals surface area contributed by atoms with E-state index in [1.165, 1.54) is 37.7 Å². The lowest BCUT2D eigenvalue weighted by atomic mass is 10.1. The molecule has 0 atom stereocenters. The number of aryl methyl sites for hydroxylation is 1. The number of alkyl halides is 3. The standard InChI is InChI=1S/C19H17F3N2O3S/c1-4-24-15-13(26-2)8-9-14(27-3)16(15)28-18(24)23-17(25)11-6-5-7-12(10-11)19(20,21)22/h5-10H,4H2,1-3H3. The van der Waals surface area contributed by atoms with Gasteiger partial charge in [0.15, 0.2) is 4.80 Å². The second kappa shape index (κ2) is 7.67. The van der Waals surface area contributed by atoms with Crippen molar-refractivity contribution in [3.05, 3.63) is 52.3 Å². The van der Waals surface area contributed by atoms with Crippen molar-refractivity contribution in [2.24, 2.45) is 4.99 Å². The summed E-state index contributed by atoms with van der Waals surface area (Å²) >= 11 is 1.21. The molecule has 1 heterocycles. The van der Waals surface area contributed by atoms with Crippen molar-refractivity contribution < 1.29 is 27.4 Å². The molecular weight excluding hydrogens is 393 g/mol. The first kappa shape index (κ1) is 19.9. The number of halogens is 3. The van der Waals surface area contributed by atoms with E-state index in [0.717, 1.165) is 16.8 Å². The fourth-order valence-corrected chi connectivity index (χ4v) is 4.01. The van der Waals surface area contributed by atoms with Crippen LogP contribution in [0.4, 0.5) is 13.2 Å². The normalized spacial score (nSPS) is 12.4. The van der Waals surface area contributed by atoms with Crippen LogP contribution in [0.25, 0.3) is 10.2 Å². The smallest absolute Gasteiger partial charge is 0.416 e. The number of carbonyl (C=O) groups excluding carboxylic acids is 1. The number of hydrogen-bond donors (Lipinski definition) is 0. The number of amides is 1. The summed E-state index contributed by atoms with van der Waals surface area (Å²) in [6, 6.07) is 7.71. The SMILES string of the molecule is CCn1c(=NC(=O)c2cccc(C(F)(F)F)c2)sc2c(OC)ccc(OC)c21. The summed E-state index contributed by atoms with van der Waals surface area (Å²) in [6.45, 7) is 2.36. The van der Waals surface area contributed by atoms with Crippen LogP contribution in [0.2, 0.25) is 0 Å². The molecule has 0 spiro atoms. The van der Waals surface area contributed by atoms with Gasteiger partial charge in [-0.3, -0.25) is 4.79 Å². The average Bonchev–Trinajstić information content (AvgIpc) is 3.04. The number of methoxy groups -OCH3 is 2. The van der Waals surface area contributed by atoms with Gasteiger partial charge in [-0.25, -0.2) is 0 Å². The maximum atomic E-state index is 12.9. The molecule has 0 aliphatic rings. The van der Waals surface area contributed by atoms with Crippen molar-refractivity contribution in [2.75, 3.05) is 14.2 Å². The Hall–Kier alpha value is -2.81. The number of benzene rings is 2. The molecule has 148 valence electrons. The molecule has 1 amide bonds. The van der Waals surface area contributed by atoms with Crippen LogP contribution in [0.15, 0.2) is 41.4 Å². The highest BCUT2D eigenvalue weighted by Crippen LogP contribution is 2.35. The molecule has 0 fully saturated rings. The molecule has 0 saturated heterocycles. The Morgan fingerprint density at radius 2 is 1.82 bits per heavy atom. The Bertz CT molecular complexity index is 1100. The van der Waals surface area contributed by atoms with Gasteiger partial charge in [-0.05, 0) is 37.3 Å². The molecule has 2 aromatic carbocycles. The van der Waals surface area contributed by atoms with E-state index in [0.29, 0.717) is 28.4 Å². The summed E-state index contributed by atoms with van der Waals surface area (Å²) in [5, 5.41) is 0. The maximum Gasteiger partial charge on any atom is 0.416 e. The van der Waals surface area contributed by atoms with Crippen LogP contribution in [0.1, 0.15) is 22.8 Å². The minimum atomic E-state index is -4.53. The first-order chi connectivity index (χ1) is 13.3. The third-order valence-corrected chi connectivity index (χ3v) is 5.24. The molecule has 3 aromatic rings. The number of nitrogens with zero attached hydrogens (tertiary/aromatic N) is 2. The molecule has 0 unspecified atom stereocenters. The maximum absolute atomic E-state index is 12.9. The first-order valence-corrected chi connectivity index (χ1v) is 9.12. The zero-order valence-corrected chi connectivity index (χ0v) is 16.1. The molecule has 28 heavy (non-hydrogen) atoms. The topological polar surface area (TPSA) is 52.8 Å². The molecule has 0 radical (unpaired) electrons. The van der Waals surface area contributed by atoms with Gasteiger partial charge in [-0.15, -0.1) is 0 Å². The van der Waals surface area contributed by atoms with Gasteiger partial charge in [0, 0.05) is 12.1 Å². The lowest BCUT2D eigenvalue weighted by Gasteiger charge is -2.08. The van der Waals surface area contributed by atoms with Crippen LogP contribution in [-0.4, -0.2) is 24.7 Å². The highest BCUT2D eigenvalue weighted by atomic mass is 32.1. The largest absolute Gasteiger partial charge is 0.495 e. The fraction of sp³-hybridized carbons (Fsp3) is 0.263. The number of fused-ring (bicyclic) bond motifs is 1. The third kappa shape index (κ3) is 3.62. The zero-order chi connectivity index (χ0) is 20.5. The third-order valence-electron chi connectivity index (χ3n) is 4.14. The number of rotatable bonds is 4. The minimum Gasteiger partial charge on any atom is -0.495 e. The molecule has 0 aliphatic heterocycles. The van der Waals surface area contributed by atoms with E-state index in [-0.39, 0.29) is 5.56 Å². The first-order valence-electron chi connectivity index (χ1n) is 8.30. The van der Waals surface area contributed by atoms with Crippen molar-refractivity contribution in [1.82, 2.24) is 4.57 Å². The second-order valence-electron chi connectivity index (χ2n) is 5.77. The molecule has 5 nitrogen and oxygen atoms in total. The number of carbonyl (C=O) groups is 1. The Balaban J connectivity index is 2.18. The Kier molecular flexibility index (Phi) is 5.46. The highest BCUT2D eigenvalue weighted by molar-refractivity contribution is 7.16. The van der Waals surface area contributed by atoms with Gasteiger partial charge in [0.2, 0.25) is 0 Å². The quantitative estimate of drug-likeness (QED) is 0.636. The summed E-state index contributed by atoms with van der Waals surface area (Å²) < 4.78 is 52.0.